The summed E-state index contributed by atoms with van der Waals surface area (Å²) in [6.45, 7) is 0.996. The van der Waals surface area contributed by atoms with Gasteiger partial charge in [0.1, 0.15) is 11.5 Å². The molecule has 0 saturated heterocycles. The first-order chi connectivity index (χ1) is 14.2. The summed E-state index contributed by atoms with van der Waals surface area (Å²) in [5.41, 5.74) is 1.53. The number of thiophene rings is 1. The average molecular weight is 410 g/mol. The van der Waals surface area contributed by atoms with Crippen LogP contribution in [0.3, 0.4) is 0 Å². The molecule has 3 rings (SSSR count). The van der Waals surface area contributed by atoms with Gasteiger partial charge in [-0.15, -0.1) is 11.3 Å². The lowest BCUT2D eigenvalue weighted by molar-refractivity contribution is -0.133. The highest BCUT2D eigenvalue weighted by molar-refractivity contribution is 7.09. The Labute approximate surface area is 174 Å². The van der Waals surface area contributed by atoms with Gasteiger partial charge in [0, 0.05) is 11.4 Å². The molecule has 5 nitrogen and oxygen atoms in total. The van der Waals surface area contributed by atoms with E-state index in [1.54, 1.807) is 34.4 Å². The Morgan fingerprint density at radius 2 is 1.93 bits per heavy atom. The molecule has 0 unspecified atom stereocenters. The van der Waals surface area contributed by atoms with Gasteiger partial charge < -0.3 is 14.4 Å². The van der Waals surface area contributed by atoms with Gasteiger partial charge in [0.15, 0.2) is 12.9 Å². The molecule has 0 bridgehead atoms. The first kappa shape index (κ1) is 20.6. The highest BCUT2D eigenvalue weighted by Crippen LogP contribution is 2.23. The lowest BCUT2D eigenvalue weighted by Gasteiger charge is -2.22. The minimum atomic E-state index is -0.132. The second-order valence-corrected chi connectivity index (χ2v) is 7.47. The maximum absolute atomic E-state index is 12.9. The fourth-order valence-corrected chi connectivity index (χ4v) is 3.62. The van der Waals surface area contributed by atoms with Gasteiger partial charge in [-0.1, -0.05) is 36.4 Å². The van der Waals surface area contributed by atoms with E-state index < -0.39 is 0 Å². The van der Waals surface area contributed by atoms with Crippen molar-refractivity contribution in [2.75, 3.05) is 20.3 Å². The Morgan fingerprint density at radius 1 is 1.10 bits per heavy atom. The van der Waals surface area contributed by atoms with E-state index in [0.29, 0.717) is 36.4 Å². The summed E-state index contributed by atoms with van der Waals surface area (Å²) in [6, 6.07) is 19.0. The highest BCUT2D eigenvalue weighted by atomic mass is 32.1. The third-order valence-electron chi connectivity index (χ3n) is 4.49. The molecule has 3 aromatic rings. The maximum atomic E-state index is 12.9. The lowest BCUT2D eigenvalue weighted by Crippen LogP contribution is -2.36. The maximum Gasteiger partial charge on any atom is 0.260 e. The van der Waals surface area contributed by atoms with Gasteiger partial charge in [0.2, 0.25) is 0 Å². The van der Waals surface area contributed by atoms with Crippen molar-refractivity contribution < 1.29 is 19.1 Å². The van der Waals surface area contributed by atoms with E-state index in [1.807, 2.05) is 35.7 Å². The summed E-state index contributed by atoms with van der Waals surface area (Å²) in [6.07, 6.45) is 1.46. The molecular weight excluding hydrogens is 386 g/mol. The molecule has 1 amide bonds. The van der Waals surface area contributed by atoms with Crippen LogP contribution in [0.4, 0.5) is 0 Å². The zero-order valence-electron chi connectivity index (χ0n) is 16.2. The fraction of sp³-hybridized carbons (Fsp3) is 0.217. The number of hydrogen-bond donors (Lipinski definition) is 0. The van der Waals surface area contributed by atoms with Crippen LogP contribution < -0.4 is 9.47 Å². The zero-order valence-corrected chi connectivity index (χ0v) is 17.1. The minimum Gasteiger partial charge on any atom is -0.497 e. The third-order valence-corrected chi connectivity index (χ3v) is 5.35. The Bertz CT molecular complexity index is 925. The van der Waals surface area contributed by atoms with Gasteiger partial charge in [0.05, 0.1) is 19.2 Å². The van der Waals surface area contributed by atoms with Crippen molar-refractivity contribution in [2.24, 2.45) is 0 Å². The Kier molecular flexibility index (Phi) is 7.41. The number of ether oxygens (including phenoxy) is 2. The van der Waals surface area contributed by atoms with Crippen LogP contribution in [0, 0.1) is 0 Å². The fourth-order valence-electron chi connectivity index (χ4n) is 2.90. The first-order valence-electron chi connectivity index (χ1n) is 9.29. The molecule has 0 saturated carbocycles. The number of nitrogens with zero attached hydrogens (tertiary/aromatic N) is 1. The molecule has 0 aliphatic rings. The van der Waals surface area contributed by atoms with Crippen LogP contribution in [0.15, 0.2) is 66.0 Å². The van der Waals surface area contributed by atoms with Gasteiger partial charge >= 0.3 is 0 Å². The average Bonchev–Trinajstić information content (AvgIpc) is 3.28. The number of amides is 1. The molecular formula is C23H23NO4S. The van der Waals surface area contributed by atoms with Gasteiger partial charge in [-0.3, -0.25) is 9.59 Å². The Hall–Kier alpha value is -3.12. The molecule has 1 aromatic heterocycles. The molecule has 150 valence electrons. The van der Waals surface area contributed by atoms with E-state index in [9.17, 15) is 9.59 Å². The molecule has 0 aliphatic carbocycles. The predicted octanol–water partition coefficient (Wildman–Crippen LogP) is 4.22. The number of carbonyl (C=O) groups excluding carboxylic acids is 2. The monoisotopic (exact) mass is 409 g/mol. The van der Waals surface area contributed by atoms with E-state index in [2.05, 4.69) is 12.1 Å². The molecule has 0 spiro atoms. The Balaban J connectivity index is 1.66. The number of benzene rings is 2. The molecule has 29 heavy (non-hydrogen) atoms. The van der Waals surface area contributed by atoms with Crippen molar-refractivity contribution >= 4 is 23.5 Å². The smallest absolute Gasteiger partial charge is 0.260 e. The Morgan fingerprint density at radius 3 is 2.62 bits per heavy atom. The van der Waals surface area contributed by atoms with Gasteiger partial charge in [0.25, 0.3) is 5.91 Å². The van der Waals surface area contributed by atoms with Crippen LogP contribution in [0.1, 0.15) is 20.8 Å². The lowest BCUT2D eigenvalue weighted by atomic mass is 10.1. The quantitative estimate of drug-likeness (QED) is 0.471. The van der Waals surface area contributed by atoms with Crippen molar-refractivity contribution in [3.8, 4) is 11.5 Å². The zero-order chi connectivity index (χ0) is 20.5. The summed E-state index contributed by atoms with van der Waals surface area (Å²) in [4.78, 5) is 27.1. The molecule has 0 radical (unpaired) electrons. The van der Waals surface area contributed by atoms with Crippen molar-refractivity contribution in [1.82, 2.24) is 4.90 Å². The van der Waals surface area contributed by atoms with Crippen LogP contribution in [-0.2, 0) is 17.8 Å². The van der Waals surface area contributed by atoms with Gasteiger partial charge in [-0.2, -0.15) is 0 Å². The molecule has 1 heterocycles. The SMILES string of the molecule is COc1ccc(OCC(=O)N(CCc2ccccc2)Cc2cccs2)c(C=O)c1. The third kappa shape index (κ3) is 5.93. The van der Waals surface area contributed by atoms with E-state index in [0.717, 1.165) is 11.3 Å². The van der Waals surface area contributed by atoms with Crippen molar-refractivity contribution in [1.29, 1.82) is 0 Å². The van der Waals surface area contributed by atoms with E-state index >= 15 is 0 Å². The van der Waals surface area contributed by atoms with Crippen LogP contribution in [0.25, 0.3) is 0 Å². The van der Waals surface area contributed by atoms with Crippen LogP contribution in [-0.4, -0.2) is 37.4 Å². The first-order valence-corrected chi connectivity index (χ1v) is 10.2. The van der Waals surface area contributed by atoms with E-state index in [4.69, 9.17) is 9.47 Å². The normalized spacial score (nSPS) is 10.4. The summed E-state index contributed by atoms with van der Waals surface area (Å²) in [5.74, 6) is 0.809. The summed E-state index contributed by atoms with van der Waals surface area (Å²) in [7, 11) is 1.53. The number of hydrogen-bond acceptors (Lipinski definition) is 5. The highest BCUT2D eigenvalue weighted by Gasteiger charge is 2.16. The minimum absolute atomic E-state index is 0.123. The van der Waals surface area contributed by atoms with E-state index in [1.165, 1.54) is 12.7 Å². The van der Waals surface area contributed by atoms with E-state index in [-0.39, 0.29) is 12.5 Å². The standard InChI is InChI=1S/C23H23NO4S/c1-27-20-9-10-22(19(14-20)16-25)28-17-23(26)24(15-21-8-5-13-29-21)12-11-18-6-3-2-4-7-18/h2-10,13-14,16H,11-12,15,17H2,1H3. The van der Waals surface area contributed by atoms with Crippen LogP contribution >= 0.6 is 11.3 Å². The topological polar surface area (TPSA) is 55.8 Å². The molecule has 0 aliphatic heterocycles. The van der Waals surface area contributed by atoms with Gasteiger partial charge in [-0.05, 0) is 41.6 Å². The summed E-state index contributed by atoms with van der Waals surface area (Å²) in [5, 5.41) is 2.00. The molecule has 2 aromatic carbocycles. The number of methoxy groups -OCH3 is 1. The second-order valence-electron chi connectivity index (χ2n) is 6.44. The molecule has 0 fully saturated rings. The predicted molar refractivity (Wildman–Crippen MR) is 114 cm³/mol. The van der Waals surface area contributed by atoms with Gasteiger partial charge in [-0.25, -0.2) is 0 Å². The number of carbonyl (C=O) groups is 2. The van der Waals surface area contributed by atoms with Crippen molar-refractivity contribution in [2.45, 2.75) is 13.0 Å². The molecule has 6 heteroatoms. The second kappa shape index (κ2) is 10.4. The number of rotatable bonds is 10. The van der Waals surface area contributed by atoms with Crippen molar-refractivity contribution in [3.05, 3.63) is 82.0 Å². The summed E-state index contributed by atoms with van der Waals surface area (Å²) < 4.78 is 10.8. The molecule has 0 atom stereocenters. The number of aldehydes is 1. The summed E-state index contributed by atoms with van der Waals surface area (Å²) >= 11 is 1.62. The van der Waals surface area contributed by atoms with Crippen LogP contribution in [0.5, 0.6) is 11.5 Å². The molecule has 0 N–H and O–H groups in total. The largest absolute Gasteiger partial charge is 0.497 e. The van der Waals surface area contributed by atoms with Crippen LogP contribution in [0.2, 0.25) is 0 Å². The van der Waals surface area contributed by atoms with Crippen molar-refractivity contribution in [3.63, 3.8) is 0 Å².